The first-order valence-electron chi connectivity index (χ1n) is 10.0. The second-order valence-electron chi connectivity index (χ2n) is 7.64. The minimum atomic E-state index is -0.225. The van der Waals surface area contributed by atoms with E-state index in [4.69, 9.17) is 14.2 Å². The van der Waals surface area contributed by atoms with Crippen molar-refractivity contribution in [2.24, 2.45) is 0 Å². The number of nitrogens with zero attached hydrogens (tertiary/aromatic N) is 2. The third-order valence-electron chi connectivity index (χ3n) is 5.64. The van der Waals surface area contributed by atoms with Gasteiger partial charge in [-0.05, 0) is 37.4 Å². The molecule has 2 bridgehead atoms. The van der Waals surface area contributed by atoms with Crippen LogP contribution in [0.4, 0.5) is 11.4 Å². The molecule has 160 valence electrons. The van der Waals surface area contributed by atoms with Gasteiger partial charge in [0, 0.05) is 24.4 Å². The van der Waals surface area contributed by atoms with E-state index < -0.39 is 0 Å². The second kappa shape index (κ2) is 7.64. The van der Waals surface area contributed by atoms with Crippen LogP contribution >= 0.6 is 0 Å². The number of H-pyrrole nitrogens is 1. The maximum Gasteiger partial charge on any atom is 0.262 e. The Morgan fingerprint density at radius 3 is 2.71 bits per heavy atom. The van der Waals surface area contributed by atoms with Crippen molar-refractivity contribution in [3.63, 3.8) is 0 Å². The Bertz CT molecular complexity index is 1110. The number of hydrogen-bond donors (Lipinski definition) is 2. The van der Waals surface area contributed by atoms with Crippen LogP contribution in [-0.2, 0) is 9.53 Å². The van der Waals surface area contributed by atoms with Gasteiger partial charge in [0.15, 0.2) is 19.2 Å². The quantitative estimate of drug-likeness (QED) is 0.636. The number of ether oxygens (including phenoxy) is 3. The summed E-state index contributed by atoms with van der Waals surface area (Å²) in [4.78, 5) is 19.9. The number of carbonyl (C=O) groups is 1. The molecule has 3 aliphatic heterocycles. The highest BCUT2D eigenvalue weighted by Crippen LogP contribution is 2.48. The topological polar surface area (TPSA) is 79.1 Å². The van der Waals surface area contributed by atoms with Gasteiger partial charge in [-0.3, -0.25) is 4.79 Å². The highest BCUT2D eigenvalue weighted by Gasteiger charge is 2.48. The molecule has 3 aliphatic rings. The fraction of sp³-hybridized carbons (Fsp3) is 0.261. The van der Waals surface area contributed by atoms with Crippen LogP contribution in [0.15, 0.2) is 54.6 Å². The number of carbonyl (C=O) groups excluding carboxylic acids is 1. The third-order valence-corrected chi connectivity index (χ3v) is 5.64. The molecule has 2 N–H and O–H groups in total. The van der Waals surface area contributed by atoms with Gasteiger partial charge in [-0.25, -0.2) is 4.90 Å². The van der Waals surface area contributed by atoms with Gasteiger partial charge >= 0.3 is 0 Å². The van der Waals surface area contributed by atoms with Crippen LogP contribution in [0.1, 0.15) is 11.9 Å². The molecular formula is C23H24N4O4. The molecular weight excluding hydrogens is 396 g/mol. The Balaban J connectivity index is 1.31. The van der Waals surface area contributed by atoms with E-state index in [0.717, 1.165) is 28.3 Å². The lowest BCUT2D eigenvalue weighted by Gasteiger charge is -2.54. The zero-order valence-electron chi connectivity index (χ0n) is 17.6. The summed E-state index contributed by atoms with van der Waals surface area (Å²) < 4.78 is 17.2. The van der Waals surface area contributed by atoms with Gasteiger partial charge in [-0.15, -0.1) is 0 Å². The van der Waals surface area contributed by atoms with Crippen molar-refractivity contribution >= 4 is 17.3 Å². The number of aromatic amines is 1. The van der Waals surface area contributed by atoms with Crippen molar-refractivity contribution in [2.75, 3.05) is 38.0 Å². The molecule has 0 spiro atoms. The molecule has 0 aliphatic carbocycles. The molecule has 8 nitrogen and oxygen atoms in total. The Morgan fingerprint density at radius 2 is 1.97 bits per heavy atom. The lowest BCUT2D eigenvalue weighted by Crippen LogP contribution is -2.62. The van der Waals surface area contributed by atoms with Crippen molar-refractivity contribution in [2.45, 2.75) is 12.6 Å². The van der Waals surface area contributed by atoms with E-state index >= 15 is 0 Å². The Labute approximate surface area is 180 Å². The van der Waals surface area contributed by atoms with Crippen LogP contribution in [-0.4, -0.2) is 50.0 Å². The zero-order valence-corrected chi connectivity index (χ0v) is 17.6. The summed E-state index contributed by atoms with van der Waals surface area (Å²) in [6, 6.07) is 16.9. The van der Waals surface area contributed by atoms with Gasteiger partial charge < -0.3 is 29.4 Å². The van der Waals surface area contributed by atoms with Gasteiger partial charge in [-0.1, -0.05) is 18.2 Å². The molecule has 1 amide bonds. The van der Waals surface area contributed by atoms with Crippen LogP contribution in [0, 0.1) is 0 Å². The summed E-state index contributed by atoms with van der Waals surface area (Å²) in [5.41, 5.74) is 4.73. The Hall–Kier alpha value is -3.49. The molecule has 2 atom stereocenters. The van der Waals surface area contributed by atoms with E-state index in [1.54, 1.807) is 13.2 Å². The van der Waals surface area contributed by atoms with Gasteiger partial charge in [0.25, 0.3) is 5.91 Å². The summed E-state index contributed by atoms with van der Waals surface area (Å²) in [5, 5.41) is 2.80. The first kappa shape index (κ1) is 19.5. The average Bonchev–Trinajstić information content (AvgIpc) is 3.23. The van der Waals surface area contributed by atoms with Crippen LogP contribution in [0.3, 0.4) is 0 Å². The lowest BCUT2D eigenvalue weighted by atomic mass is 10.1. The largest absolute Gasteiger partial charge is 0.496 e. The van der Waals surface area contributed by atoms with Gasteiger partial charge in [0.1, 0.15) is 11.5 Å². The highest BCUT2D eigenvalue weighted by molar-refractivity contribution is 5.91. The van der Waals surface area contributed by atoms with Crippen LogP contribution in [0.2, 0.25) is 0 Å². The smallest absolute Gasteiger partial charge is 0.262 e. The van der Waals surface area contributed by atoms with Crippen LogP contribution in [0.5, 0.6) is 11.5 Å². The predicted molar refractivity (Wildman–Crippen MR) is 117 cm³/mol. The molecule has 1 fully saturated rings. The van der Waals surface area contributed by atoms with Crippen molar-refractivity contribution in [3.05, 3.63) is 60.3 Å². The molecule has 2 aromatic carbocycles. The predicted octanol–water partition coefficient (Wildman–Crippen LogP) is 3.40. The number of anilines is 2. The molecule has 0 radical (unpaired) electrons. The van der Waals surface area contributed by atoms with E-state index in [1.165, 1.54) is 0 Å². The number of aromatic nitrogens is 1. The van der Waals surface area contributed by atoms with Crippen molar-refractivity contribution < 1.29 is 19.0 Å². The molecule has 2 unspecified atom stereocenters. The van der Waals surface area contributed by atoms with Gasteiger partial charge in [0.05, 0.1) is 24.2 Å². The Kier molecular flexibility index (Phi) is 4.80. The molecule has 6 rings (SSSR count). The molecule has 1 aromatic heterocycles. The summed E-state index contributed by atoms with van der Waals surface area (Å²) >= 11 is 0. The number of amides is 1. The average molecular weight is 420 g/mol. The molecule has 8 heteroatoms. The summed E-state index contributed by atoms with van der Waals surface area (Å²) in [6.07, 6.45) is -0.0810. The Morgan fingerprint density at radius 1 is 1.16 bits per heavy atom. The highest BCUT2D eigenvalue weighted by atomic mass is 16.6. The first-order valence-corrected chi connectivity index (χ1v) is 10.0. The monoisotopic (exact) mass is 420 g/mol. The minimum absolute atomic E-state index is 0.0270. The summed E-state index contributed by atoms with van der Waals surface area (Å²) in [5.74, 6) is 0.990. The number of para-hydroxylation sites is 1. The third kappa shape index (κ3) is 3.39. The van der Waals surface area contributed by atoms with E-state index in [-0.39, 0.29) is 25.1 Å². The van der Waals surface area contributed by atoms with Crippen molar-refractivity contribution in [3.8, 4) is 22.8 Å². The van der Waals surface area contributed by atoms with Crippen molar-refractivity contribution in [1.29, 1.82) is 0 Å². The van der Waals surface area contributed by atoms with Crippen LogP contribution in [0.25, 0.3) is 11.3 Å². The lowest BCUT2D eigenvalue weighted by molar-refractivity contribution is -0.285. The molecule has 3 aromatic rings. The molecule has 0 saturated carbocycles. The maximum atomic E-state index is 12.1. The first-order chi connectivity index (χ1) is 15.0. The van der Waals surface area contributed by atoms with Crippen LogP contribution < -0.4 is 19.7 Å². The fourth-order valence-corrected chi connectivity index (χ4v) is 4.05. The van der Waals surface area contributed by atoms with E-state index in [2.05, 4.69) is 26.2 Å². The normalized spacial score (nSPS) is 19.4. The second-order valence-corrected chi connectivity index (χ2v) is 7.64. The number of rotatable bonds is 6. The number of hydrogen-bond acceptors (Lipinski definition) is 6. The molecule has 4 heterocycles. The standard InChI is InChI=1S/C23H24N4O4/c1-26-18-12-17(25-21(18)22-27(2)23(26)31-22)16-10-9-15(11-19(16)29-3)30-13-20(28)24-14-7-5-4-6-8-14/h4-12,22-23,25H,13H2,1-3H3,(H,24,28). The van der Waals surface area contributed by atoms with E-state index in [9.17, 15) is 4.79 Å². The van der Waals surface area contributed by atoms with Gasteiger partial charge in [0.2, 0.25) is 0 Å². The minimum Gasteiger partial charge on any atom is -0.496 e. The van der Waals surface area contributed by atoms with E-state index in [1.807, 2.05) is 56.6 Å². The summed E-state index contributed by atoms with van der Waals surface area (Å²) in [6.45, 7) is -0.0915. The maximum absolute atomic E-state index is 12.1. The number of methoxy groups -OCH3 is 1. The number of benzene rings is 2. The van der Waals surface area contributed by atoms with E-state index in [0.29, 0.717) is 11.5 Å². The zero-order chi connectivity index (χ0) is 21.5. The van der Waals surface area contributed by atoms with Gasteiger partial charge in [-0.2, -0.15) is 0 Å². The molecule has 31 heavy (non-hydrogen) atoms. The SMILES string of the molecule is COc1cc(OCC(=O)Nc2ccccc2)ccc1-c1cc2c([nH]1)C1OC(N2C)N1C. The fourth-order valence-electron chi connectivity index (χ4n) is 4.05. The molecule has 1 saturated heterocycles. The number of nitrogens with one attached hydrogen (secondary N) is 2. The van der Waals surface area contributed by atoms with Crippen molar-refractivity contribution in [1.82, 2.24) is 9.88 Å². The summed E-state index contributed by atoms with van der Waals surface area (Å²) in [7, 11) is 5.68.